The van der Waals surface area contributed by atoms with Crippen LogP contribution in [0.4, 0.5) is 0 Å². The van der Waals surface area contributed by atoms with Crippen molar-refractivity contribution in [2.45, 2.75) is 6.54 Å². The Hall–Kier alpha value is -0.710. The zero-order chi connectivity index (χ0) is 12.1. The summed E-state index contributed by atoms with van der Waals surface area (Å²) in [6.07, 6.45) is 1.95. The van der Waals surface area contributed by atoms with Gasteiger partial charge in [0.1, 0.15) is 3.70 Å². The van der Waals surface area contributed by atoms with Crippen LogP contribution in [0, 0.1) is 15.0 Å². The first kappa shape index (κ1) is 12.7. The summed E-state index contributed by atoms with van der Waals surface area (Å²) in [7, 11) is 0. The molecule has 4 nitrogen and oxygen atoms in total. The summed E-state index contributed by atoms with van der Waals surface area (Å²) in [4.78, 5) is 8.91. The van der Waals surface area contributed by atoms with Gasteiger partial charge in [-0.15, -0.1) is 0 Å². The molecule has 2 rings (SSSR count). The van der Waals surface area contributed by atoms with Gasteiger partial charge in [0, 0.05) is 38.9 Å². The molecule has 90 valence electrons. The molecule has 0 bridgehead atoms. The molecule has 0 aliphatic carbocycles. The molecule has 0 spiro atoms. The van der Waals surface area contributed by atoms with Crippen LogP contribution in [-0.4, -0.2) is 47.5 Å². The number of nitrogens with zero attached hydrogens (tertiary/aromatic N) is 4. The van der Waals surface area contributed by atoms with Crippen LogP contribution >= 0.6 is 22.6 Å². The summed E-state index contributed by atoms with van der Waals surface area (Å²) in [5.41, 5.74) is 1.26. The van der Waals surface area contributed by atoms with E-state index in [-0.39, 0.29) is 0 Å². The van der Waals surface area contributed by atoms with Crippen LogP contribution in [-0.2, 0) is 6.54 Å². The van der Waals surface area contributed by atoms with Crippen LogP contribution in [0.25, 0.3) is 0 Å². The van der Waals surface area contributed by atoms with E-state index in [1.165, 1.54) is 5.56 Å². The Morgan fingerprint density at radius 1 is 1.24 bits per heavy atom. The number of piperazine rings is 1. The molecule has 1 aliphatic rings. The molecule has 0 unspecified atom stereocenters. The Kier molecular flexibility index (Phi) is 4.71. The van der Waals surface area contributed by atoms with E-state index in [0.29, 0.717) is 6.54 Å². The molecule has 0 N–H and O–H groups in total. The van der Waals surface area contributed by atoms with Gasteiger partial charge in [-0.25, -0.2) is 0 Å². The number of hydrogen-bond acceptors (Lipinski definition) is 4. The largest absolute Gasteiger partial charge is 0.296 e. The summed E-state index contributed by atoms with van der Waals surface area (Å²) in [6.45, 7) is 5.57. The number of nitriles is 1. The first-order chi connectivity index (χ1) is 8.28. The summed E-state index contributed by atoms with van der Waals surface area (Å²) in [6, 6.07) is 6.38. The summed E-state index contributed by atoms with van der Waals surface area (Å²) >= 11 is 2.22. The fraction of sp³-hybridized carbons (Fsp3) is 0.500. The Morgan fingerprint density at radius 3 is 2.53 bits per heavy atom. The van der Waals surface area contributed by atoms with Crippen LogP contribution in [0.1, 0.15) is 5.56 Å². The second-order valence-corrected chi connectivity index (χ2v) is 5.30. The lowest BCUT2D eigenvalue weighted by atomic mass is 10.2. The van der Waals surface area contributed by atoms with E-state index in [2.05, 4.69) is 49.5 Å². The topological polar surface area (TPSA) is 43.2 Å². The first-order valence-electron chi connectivity index (χ1n) is 5.70. The highest BCUT2D eigenvalue weighted by molar-refractivity contribution is 14.1. The van der Waals surface area contributed by atoms with Crippen molar-refractivity contribution < 1.29 is 0 Å². The maximum absolute atomic E-state index is 8.63. The number of aromatic nitrogens is 1. The Bertz CT molecular complexity index is 390. The van der Waals surface area contributed by atoms with Crippen molar-refractivity contribution in [1.29, 1.82) is 5.26 Å². The third-order valence-electron chi connectivity index (χ3n) is 2.95. The predicted octanol–water partition coefficient (Wildman–Crippen LogP) is 1.33. The zero-order valence-corrected chi connectivity index (χ0v) is 11.8. The molecule has 0 saturated carbocycles. The van der Waals surface area contributed by atoms with Crippen molar-refractivity contribution in [3.05, 3.63) is 27.6 Å². The lowest BCUT2D eigenvalue weighted by Crippen LogP contribution is -2.45. The van der Waals surface area contributed by atoms with Gasteiger partial charge in [-0.1, -0.05) is 6.07 Å². The summed E-state index contributed by atoms with van der Waals surface area (Å²) in [5, 5.41) is 8.63. The molecular weight excluding hydrogens is 327 g/mol. The first-order valence-corrected chi connectivity index (χ1v) is 6.78. The molecule has 0 amide bonds. The minimum atomic E-state index is 0.554. The van der Waals surface area contributed by atoms with Crippen LogP contribution in [0.3, 0.4) is 0 Å². The molecule has 2 heterocycles. The average molecular weight is 342 g/mol. The molecular formula is C12H15IN4. The second kappa shape index (κ2) is 6.28. The molecule has 1 aliphatic heterocycles. The number of pyridine rings is 1. The van der Waals surface area contributed by atoms with Crippen molar-refractivity contribution in [3.8, 4) is 6.07 Å². The minimum absolute atomic E-state index is 0.554. The highest BCUT2D eigenvalue weighted by Gasteiger charge is 2.16. The molecule has 0 atom stereocenters. The predicted molar refractivity (Wildman–Crippen MR) is 74.3 cm³/mol. The molecule has 0 radical (unpaired) electrons. The van der Waals surface area contributed by atoms with E-state index in [9.17, 15) is 0 Å². The van der Waals surface area contributed by atoms with Gasteiger partial charge in [-0.2, -0.15) is 5.26 Å². The summed E-state index contributed by atoms with van der Waals surface area (Å²) in [5.74, 6) is 0. The van der Waals surface area contributed by atoms with Gasteiger partial charge in [0.2, 0.25) is 0 Å². The lowest BCUT2D eigenvalue weighted by molar-refractivity contribution is 0.138. The van der Waals surface area contributed by atoms with Crippen molar-refractivity contribution in [2.24, 2.45) is 0 Å². The van der Waals surface area contributed by atoms with Crippen LogP contribution in [0.5, 0.6) is 0 Å². The fourth-order valence-corrected chi connectivity index (χ4v) is 2.28. The third-order valence-corrected chi connectivity index (χ3v) is 3.59. The van der Waals surface area contributed by atoms with E-state index < -0.39 is 0 Å². The standard InChI is InChI=1S/C12H15IN4/c13-12-2-1-11(9-15-12)10-17-7-5-16(4-3-14)6-8-17/h1-2,9H,4-8,10H2. The average Bonchev–Trinajstić information content (AvgIpc) is 2.35. The van der Waals surface area contributed by atoms with Gasteiger partial charge in [-0.3, -0.25) is 14.8 Å². The highest BCUT2D eigenvalue weighted by atomic mass is 127. The molecule has 1 saturated heterocycles. The molecule has 1 aromatic rings. The van der Waals surface area contributed by atoms with Crippen molar-refractivity contribution >= 4 is 22.6 Å². The molecule has 5 heteroatoms. The van der Waals surface area contributed by atoms with E-state index in [1.54, 1.807) is 0 Å². The van der Waals surface area contributed by atoms with Crippen LogP contribution in [0.15, 0.2) is 18.3 Å². The molecule has 0 aromatic carbocycles. The summed E-state index contributed by atoms with van der Waals surface area (Å²) < 4.78 is 1.03. The molecule has 1 aromatic heterocycles. The van der Waals surface area contributed by atoms with E-state index >= 15 is 0 Å². The fourth-order valence-electron chi connectivity index (χ4n) is 1.96. The monoisotopic (exact) mass is 342 g/mol. The van der Waals surface area contributed by atoms with Crippen LogP contribution < -0.4 is 0 Å². The van der Waals surface area contributed by atoms with Gasteiger partial charge >= 0.3 is 0 Å². The maximum atomic E-state index is 8.63. The van der Waals surface area contributed by atoms with E-state index in [0.717, 1.165) is 36.4 Å². The van der Waals surface area contributed by atoms with Gasteiger partial charge in [0.15, 0.2) is 0 Å². The quantitative estimate of drug-likeness (QED) is 0.472. The molecule has 17 heavy (non-hydrogen) atoms. The van der Waals surface area contributed by atoms with Gasteiger partial charge in [0.05, 0.1) is 12.6 Å². The van der Waals surface area contributed by atoms with Crippen molar-refractivity contribution in [1.82, 2.24) is 14.8 Å². The van der Waals surface area contributed by atoms with Gasteiger partial charge in [-0.05, 0) is 34.2 Å². The Balaban J connectivity index is 1.82. The van der Waals surface area contributed by atoms with Crippen molar-refractivity contribution in [3.63, 3.8) is 0 Å². The smallest absolute Gasteiger partial charge is 0.101 e. The number of rotatable bonds is 3. The van der Waals surface area contributed by atoms with Gasteiger partial charge in [0.25, 0.3) is 0 Å². The Labute approximate surface area is 115 Å². The van der Waals surface area contributed by atoms with E-state index in [4.69, 9.17) is 5.26 Å². The third kappa shape index (κ3) is 3.91. The van der Waals surface area contributed by atoms with Crippen molar-refractivity contribution in [2.75, 3.05) is 32.7 Å². The minimum Gasteiger partial charge on any atom is -0.296 e. The number of hydrogen-bond donors (Lipinski definition) is 0. The second-order valence-electron chi connectivity index (χ2n) is 4.20. The van der Waals surface area contributed by atoms with E-state index in [1.807, 2.05) is 12.3 Å². The normalized spacial score (nSPS) is 17.9. The van der Waals surface area contributed by atoms with Gasteiger partial charge < -0.3 is 0 Å². The van der Waals surface area contributed by atoms with Crippen LogP contribution in [0.2, 0.25) is 0 Å². The lowest BCUT2D eigenvalue weighted by Gasteiger charge is -2.33. The number of halogens is 1. The SMILES string of the molecule is N#CCN1CCN(Cc2ccc(I)nc2)CC1. The Morgan fingerprint density at radius 2 is 1.94 bits per heavy atom. The molecule has 1 fully saturated rings. The maximum Gasteiger partial charge on any atom is 0.101 e. The zero-order valence-electron chi connectivity index (χ0n) is 9.64. The highest BCUT2D eigenvalue weighted by Crippen LogP contribution is 2.09.